The summed E-state index contributed by atoms with van der Waals surface area (Å²) in [6, 6.07) is 6.47. The van der Waals surface area contributed by atoms with Crippen molar-refractivity contribution in [1.82, 2.24) is 5.32 Å². The summed E-state index contributed by atoms with van der Waals surface area (Å²) in [5.41, 5.74) is 0.628. The van der Waals surface area contributed by atoms with Gasteiger partial charge in [-0.25, -0.2) is 8.78 Å². The first-order chi connectivity index (χ1) is 8.39. The average Bonchev–Trinajstić information content (AvgIpc) is 2.26. The van der Waals surface area contributed by atoms with Gasteiger partial charge in [-0.15, -0.1) is 0 Å². The number of amides is 1. The van der Waals surface area contributed by atoms with Gasteiger partial charge in [0.25, 0.3) is 5.92 Å². The molecule has 1 atom stereocenters. The third-order valence-electron chi connectivity index (χ3n) is 2.84. The summed E-state index contributed by atoms with van der Waals surface area (Å²) in [5, 5.41) is 3.04. The molecule has 0 saturated heterocycles. The Morgan fingerprint density at radius 1 is 1.44 bits per heavy atom. The van der Waals surface area contributed by atoms with E-state index in [0.717, 1.165) is 0 Å². The highest BCUT2D eigenvalue weighted by Crippen LogP contribution is 2.38. The van der Waals surface area contributed by atoms with E-state index in [4.69, 9.17) is 11.6 Å². The summed E-state index contributed by atoms with van der Waals surface area (Å²) >= 11 is 9.19. The Kier molecular flexibility index (Phi) is 3.92. The Morgan fingerprint density at radius 2 is 2.06 bits per heavy atom. The van der Waals surface area contributed by atoms with Crippen molar-refractivity contribution in [3.05, 3.63) is 34.9 Å². The second-order valence-corrected chi connectivity index (χ2v) is 5.68. The summed E-state index contributed by atoms with van der Waals surface area (Å²) in [7, 11) is 0. The van der Waals surface area contributed by atoms with E-state index in [9.17, 15) is 13.6 Å². The largest absolute Gasteiger partial charge is 0.352 e. The lowest BCUT2D eigenvalue weighted by atomic mass is 9.88. The normalized spacial score (nSPS) is 20.0. The molecule has 0 heterocycles. The van der Waals surface area contributed by atoms with Crippen LogP contribution in [0.25, 0.3) is 0 Å². The number of carbonyl (C=O) groups excluding carboxylic acids is 1. The Balaban J connectivity index is 1.96. The molecule has 1 aromatic rings. The van der Waals surface area contributed by atoms with E-state index >= 15 is 0 Å². The van der Waals surface area contributed by atoms with Crippen LogP contribution < -0.4 is 5.32 Å². The SMILES string of the molecule is O=C(NC1CC(F)(F)C1)C(Br)c1ccccc1Cl. The molecule has 0 bridgehead atoms. The van der Waals surface area contributed by atoms with E-state index in [1.165, 1.54) is 0 Å². The number of benzene rings is 1. The molecule has 2 nitrogen and oxygen atoms in total. The highest BCUT2D eigenvalue weighted by molar-refractivity contribution is 9.09. The van der Waals surface area contributed by atoms with Gasteiger partial charge in [0.2, 0.25) is 5.91 Å². The van der Waals surface area contributed by atoms with Crippen LogP contribution in [0.2, 0.25) is 5.02 Å². The zero-order chi connectivity index (χ0) is 13.3. The number of hydrogen-bond donors (Lipinski definition) is 1. The summed E-state index contributed by atoms with van der Waals surface area (Å²) in [6.07, 6.45) is -0.581. The van der Waals surface area contributed by atoms with Crippen LogP contribution in [0.4, 0.5) is 8.78 Å². The molecule has 2 rings (SSSR count). The first kappa shape index (κ1) is 13.7. The van der Waals surface area contributed by atoms with Crippen molar-refractivity contribution >= 4 is 33.4 Å². The second kappa shape index (κ2) is 5.13. The van der Waals surface area contributed by atoms with E-state index in [1.54, 1.807) is 24.3 Å². The zero-order valence-corrected chi connectivity index (χ0v) is 11.6. The van der Waals surface area contributed by atoms with Crippen molar-refractivity contribution in [3.8, 4) is 0 Å². The molecule has 1 amide bonds. The molecule has 0 aromatic heterocycles. The fourth-order valence-corrected chi connectivity index (χ4v) is 2.77. The lowest BCUT2D eigenvalue weighted by Crippen LogP contribution is -2.51. The number of nitrogens with one attached hydrogen (secondary N) is 1. The summed E-state index contributed by atoms with van der Waals surface area (Å²) in [4.78, 5) is 11.2. The average molecular weight is 339 g/mol. The smallest absolute Gasteiger partial charge is 0.252 e. The maximum absolute atomic E-state index is 12.6. The van der Waals surface area contributed by atoms with Crippen LogP contribution in [0.15, 0.2) is 24.3 Å². The maximum Gasteiger partial charge on any atom is 0.252 e. The van der Waals surface area contributed by atoms with Gasteiger partial charge < -0.3 is 5.32 Å². The minimum atomic E-state index is -2.63. The molecule has 98 valence electrons. The van der Waals surface area contributed by atoms with Crippen molar-refractivity contribution in [2.75, 3.05) is 0 Å². The Hall–Kier alpha value is -0.680. The van der Waals surface area contributed by atoms with Crippen LogP contribution in [0, 0.1) is 0 Å². The number of halogens is 4. The molecule has 1 saturated carbocycles. The first-order valence-electron chi connectivity index (χ1n) is 5.46. The Morgan fingerprint density at radius 3 is 2.61 bits per heavy atom. The minimum absolute atomic E-state index is 0.291. The zero-order valence-electron chi connectivity index (χ0n) is 9.30. The Bertz CT molecular complexity index is 461. The third-order valence-corrected chi connectivity index (χ3v) is 4.10. The summed E-state index contributed by atoms with van der Waals surface area (Å²) in [6.45, 7) is 0. The van der Waals surface area contributed by atoms with Crippen molar-refractivity contribution in [3.63, 3.8) is 0 Å². The minimum Gasteiger partial charge on any atom is -0.352 e. The second-order valence-electron chi connectivity index (χ2n) is 4.35. The third kappa shape index (κ3) is 3.01. The highest BCUT2D eigenvalue weighted by atomic mass is 79.9. The lowest BCUT2D eigenvalue weighted by Gasteiger charge is -2.35. The molecule has 0 radical (unpaired) electrons. The van der Waals surface area contributed by atoms with Gasteiger partial charge in [0.1, 0.15) is 4.83 Å². The molecule has 6 heteroatoms. The molecule has 0 aliphatic heterocycles. The van der Waals surface area contributed by atoms with Crippen LogP contribution in [-0.4, -0.2) is 17.9 Å². The maximum atomic E-state index is 12.6. The number of alkyl halides is 3. The van der Waals surface area contributed by atoms with Crippen molar-refractivity contribution in [2.24, 2.45) is 0 Å². The molecule has 18 heavy (non-hydrogen) atoms. The molecule has 1 fully saturated rings. The predicted octanol–water partition coefficient (Wildman–Crippen LogP) is 3.69. The fourth-order valence-electron chi connectivity index (χ4n) is 1.86. The monoisotopic (exact) mass is 337 g/mol. The van der Waals surface area contributed by atoms with Gasteiger partial charge in [-0.3, -0.25) is 4.79 Å². The van der Waals surface area contributed by atoms with Gasteiger partial charge >= 0.3 is 0 Å². The van der Waals surface area contributed by atoms with Crippen molar-refractivity contribution < 1.29 is 13.6 Å². The fraction of sp³-hybridized carbons (Fsp3) is 0.417. The highest BCUT2D eigenvalue weighted by Gasteiger charge is 2.46. The van der Waals surface area contributed by atoms with E-state index < -0.39 is 16.8 Å². The van der Waals surface area contributed by atoms with E-state index in [1.807, 2.05) is 0 Å². The Labute approximate surface area is 117 Å². The van der Waals surface area contributed by atoms with Gasteiger partial charge in [0.05, 0.1) is 0 Å². The van der Waals surface area contributed by atoms with Crippen LogP contribution in [0.1, 0.15) is 23.2 Å². The van der Waals surface area contributed by atoms with Crippen LogP contribution in [0.3, 0.4) is 0 Å². The van der Waals surface area contributed by atoms with E-state index in [-0.39, 0.29) is 18.7 Å². The van der Waals surface area contributed by atoms with Crippen molar-refractivity contribution in [1.29, 1.82) is 0 Å². The lowest BCUT2D eigenvalue weighted by molar-refractivity contribution is -0.128. The van der Waals surface area contributed by atoms with Crippen molar-refractivity contribution in [2.45, 2.75) is 29.6 Å². The molecule has 1 aliphatic carbocycles. The molecule has 1 aromatic carbocycles. The number of rotatable bonds is 3. The molecule has 1 aliphatic rings. The van der Waals surface area contributed by atoms with E-state index in [0.29, 0.717) is 10.6 Å². The molecule has 1 N–H and O–H groups in total. The van der Waals surface area contributed by atoms with Crippen LogP contribution >= 0.6 is 27.5 Å². The quantitative estimate of drug-likeness (QED) is 0.837. The first-order valence-corrected chi connectivity index (χ1v) is 6.75. The molecular formula is C12H11BrClF2NO. The van der Waals surface area contributed by atoms with Crippen LogP contribution in [0.5, 0.6) is 0 Å². The van der Waals surface area contributed by atoms with Gasteiger partial charge in [-0.05, 0) is 11.6 Å². The molecule has 0 spiro atoms. The van der Waals surface area contributed by atoms with Gasteiger partial charge in [-0.2, -0.15) is 0 Å². The molecule has 1 unspecified atom stereocenters. The summed E-state index contributed by atoms with van der Waals surface area (Å²) < 4.78 is 25.3. The van der Waals surface area contributed by atoms with E-state index in [2.05, 4.69) is 21.2 Å². The standard InChI is InChI=1S/C12H11BrClF2NO/c13-10(8-3-1-2-4-9(8)14)11(18)17-7-5-12(15,16)6-7/h1-4,7,10H,5-6H2,(H,17,18). The topological polar surface area (TPSA) is 29.1 Å². The van der Waals surface area contributed by atoms with Gasteiger partial charge in [0, 0.05) is 23.9 Å². The predicted molar refractivity (Wildman–Crippen MR) is 69.2 cm³/mol. The van der Waals surface area contributed by atoms with Gasteiger partial charge in [-0.1, -0.05) is 45.7 Å². The number of hydrogen-bond acceptors (Lipinski definition) is 1. The molecular weight excluding hydrogens is 327 g/mol. The van der Waals surface area contributed by atoms with Gasteiger partial charge in [0.15, 0.2) is 0 Å². The van der Waals surface area contributed by atoms with Crippen LogP contribution in [-0.2, 0) is 4.79 Å². The number of carbonyl (C=O) groups is 1. The summed E-state index contributed by atoms with van der Waals surface area (Å²) in [5.74, 6) is -2.98.